The predicted molar refractivity (Wildman–Crippen MR) is 98.0 cm³/mol. The van der Waals surface area contributed by atoms with Gasteiger partial charge in [-0.25, -0.2) is 23.1 Å². The van der Waals surface area contributed by atoms with Crippen LogP contribution in [0.3, 0.4) is 0 Å². The first-order chi connectivity index (χ1) is 13.3. The molecule has 0 spiro atoms. The number of sulfone groups is 1. The van der Waals surface area contributed by atoms with Crippen LogP contribution in [-0.4, -0.2) is 59.5 Å². The summed E-state index contributed by atoms with van der Waals surface area (Å²) in [6.45, 7) is 2.58. The van der Waals surface area contributed by atoms with E-state index < -0.39 is 21.4 Å². The van der Waals surface area contributed by atoms with E-state index in [1.807, 2.05) is 13.0 Å². The largest absolute Gasteiger partial charge is 0.475 e. The highest BCUT2D eigenvalue weighted by Crippen LogP contribution is 2.39. The molecule has 9 nitrogen and oxygen atoms in total. The summed E-state index contributed by atoms with van der Waals surface area (Å²) in [6.07, 6.45) is 1.88. The fourth-order valence-corrected chi connectivity index (χ4v) is 4.36. The molecule has 3 heterocycles. The quantitative estimate of drug-likeness (QED) is 0.665. The Kier molecular flexibility index (Phi) is 4.92. The van der Waals surface area contributed by atoms with Gasteiger partial charge >= 0.3 is 0 Å². The van der Waals surface area contributed by atoms with Crippen molar-refractivity contribution >= 4 is 15.6 Å². The van der Waals surface area contributed by atoms with Crippen molar-refractivity contribution in [1.82, 2.24) is 19.7 Å². The molecule has 1 atom stereocenters. The summed E-state index contributed by atoms with van der Waals surface area (Å²) in [5, 5.41) is 3.91. The number of methoxy groups -OCH3 is 1. The Balaban J connectivity index is 1.46. The number of fused-ring (bicyclic) bond motifs is 1. The molecule has 0 saturated heterocycles. The van der Waals surface area contributed by atoms with E-state index in [0.717, 1.165) is 24.2 Å². The first-order valence-corrected chi connectivity index (χ1v) is 10.8. The first kappa shape index (κ1) is 19.0. The Hall–Kier alpha value is -2.33. The van der Waals surface area contributed by atoms with E-state index >= 15 is 0 Å². The fourth-order valence-electron chi connectivity index (χ4n) is 3.18. The molecule has 2 aromatic rings. The van der Waals surface area contributed by atoms with Gasteiger partial charge in [0.25, 0.3) is 0 Å². The monoisotopic (exact) mass is 406 g/mol. The van der Waals surface area contributed by atoms with Crippen LogP contribution in [0.15, 0.2) is 17.2 Å². The highest BCUT2D eigenvalue weighted by molar-refractivity contribution is 7.92. The third-order valence-electron chi connectivity index (χ3n) is 4.79. The molecule has 1 saturated carbocycles. The van der Waals surface area contributed by atoms with Gasteiger partial charge in [-0.3, -0.25) is 4.79 Å². The molecule has 1 unspecified atom stereocenters. The average Bonchev–Trinajstić information content (AvgIpc) is 3.38. The average molecular weight is 406 g/mol. The Morgan fingerprint density at radius 1 is 1.32 bits per heavy atom. The third-order valence-corrected chi connectivity index (χ3v) is 6.33. The van der Waals surface area contributed by atoms with Crippen LogP contribution in [0.1, 0.15) is 36.0 Å². The second-order valence-electron chi connectivity index (χ2n) is 7.27. The van der Waals surface area contributed by atoms with Gasteiger partial charge in [-0.2, -0.15) is 5.10 Å². The molecule has 4 rings (SSSR count). The SMILES string of the molecule is COC1COc2cc(S(=O)(=O)CC(=O)Cc3nc(C)cc(C4CC4)n3)nn2C1. The molecule has 0 amide bonds. The number of carbonyl (C=O) groups excluding carboxylic acids is 1. The van der Waals surface area contributed by atoms with Crippen molar-refractivity contribution in [2.24, 2.45) is 0 Å². The van der Waals surface area contributed by atoms with Crippen LogP contribution in [0, 0.1) is 6.92 Å². The second-order valence-corrected chi connectivity index (χ2v) is 9.21. The smallest absolute Gasteiger partial charge is 0.213 e. The van der Waals surface area contributed by atoms with Crippen LogP contribution in [0.25, 0.3) is 0 Å². The lowest BCUT2D eigenvalue weighted by Crippen LogP contribution is -2.31. The van der Waals surface area contributed by atoms with Gasteiger partial charge in [0, 0.05) is 30.5 Å². The van der Waals surface area contributed by atoms with Crippen LogP contribution < -0.4 is 4.74 Å². The molecule has 1 aliphatic carbocycles. The van der Waals surface area contributed by atoms with E-state index in [0.29, 0.717) is 30.8 Å². The number of hydrogen-bond acceptors (Lipinski definition) is 8. The van der Waals surface area contributed by atoms with Crippen LogP contribution in [-0.2, 0) is 32.3 Å². The fraction of sp³-hybridized carbons (Fsp3) is 0.556. The number of hydrogen-bond donors (Lipinski definition) is 0. The number of ether oxygens (including phenoxy) is 2. The van der Waals surface area contributed by atoms with E-state index in [2.05, 4.69) is 15.1 Å². The van der Waals surface area contributed by atoms with Gasteiger partial charge in [-0.1, -0.05) is 0 Å². The number of ketones is 1. The minimum absolute atomic E-state index is 0.115. The van der Waals surface area contributed by atoms with E-state index in [9.17, 15) is 13.2 Å². The van der Waals surface area contributed by atoms with Crippen LogP contribution in [0.2, 0.25) is 0 Å². The number of nitrogens with zero attached hydrogens (tertiary/aromatic N) is 4. The highest BCUT2D eigenvalue weighted by atomic mass is 32.2. The Labute approximate surface area is 163 Å². The molecule has 1 fully saturated rings. The highest BCUT2D eigenvalue weighted by Gasteiger charge is 2.29. The molecule has 2 aromatic heterocycles. The summed E-state index contributed by atoms with van der Waals surface area (Å²) in [6, 6.07) is 3.27. The van der Waals surface area contributed by atoms with Crippen molar-refractivity contribution in [2.75, 3.05) is 19.5 Å². The lowest BCUT2D eigenvalue weighted by atomic mass is 10.2. The lowest BCUT2D eigenvalue weighted by Gasteiger charge is -2.22. The summed E-state index contributed by atoms with van der Waals surface area (Å²) in [4.78, 5) is 21.1. The van der Waals surface area contributed by atoms with E-state index in [4.69, 9.17) is 9.47 Å². The predicted octanol–water partition coefficient (Wildman–Crippen LogP) is 0.852. The Morgan fingerprint density at radius 3 is 2.82 bits per heavy atom. The second kappa shape index (κ2) is 7.25. The van der Waals surface area contributed by atoms with Crippen molar-refractivity contribution in [2.45, 2.75) is 49.8 Å². The molecule has 150 valence electrons. The summed E-state index contributed by atoms with van der Waals surface area (Å²) >= 11 is 0. The number of aryl methyl sites for hydroxylation is 1. The normalized spacial score (nSPS) is 19.1. The zero-order valence-corrected chi connectivity index (χ0v) is 16.6. The van der Waals surface area contributed by atoms with E-state index in [1.165, 1.54) is 10.7 Å². The molecule has 0 bridgehead atoms. The van der Waals surface area contributed by atoms with E-state index in [-0.39, 0.29) is 17.6 Å². The minimum Gasteiger partial charge on any atom is -0.475 e. The zero-order chi connectivity index (χ0) is 19.9. The number of rotatable bonds is 7. The van der Waals surface area contributed by atoms with Gasteiger partial charge in [0.2, 0.25) is 15.7 Å². The van der Waals surface area contributed by atoms with Crippen molar-refractivity contribution < 1.29 is 22.7 Å². The number of aromatic nitrogens is 4. The van der Waals surface area contributed by atoms with Crippen molar-refractivity contribution in [1.29, 1.82) is 0 Å². The number of Topliss-reactive ketones (excluding diaryl/α,β-unsaturated/α-hetero) is 1. The molecular formula is C18H22N4O5S. The maximum absolute atomic E-state index is 12.6. The topological polar surface area (TPSA) is 113 Å². The zero-order valence-electron chi connectivity index (χ0n) is 15.8. The third kappa shape index (κ3) is 4.07. The Morgan fingerprint density at radius 2 is 2.11 bits per heavy atom. The van der Waals surface area contributed by atoms with Crippen molar-refractivity contribution in [3.8, 4) is 5.88 Å². The van der Waals surface area contributed by atoms with Gasteiger partial charge in [-0.05, 0) is 25.8 Å². The molecule has 0 aromatic carbocycles. The molecule has 0 radical (unpaired) electrons. The molecule has 2 aliphatic rings. The molecule has 0 N–H and O–H groups in total. The standard InChI is InChI=1S/C18H22N4O5S/c1-11-5-15(12-3-4-12)20-16(19-11)6-13(23)10-28(24,25)17-7-18-22(21-17)8-14(26-2)9-27-18/h5,7,12,14H,3-4,6,8-10H2,1-2H3. The molecule has 10 heteroatoms. The van der Waals surface area contributed by atoms with Gasteiger partial charge in [0.05, 0.1) is 13.0 Å². The number of carbonyl (C=O) groups is 1. The lowest BCUT2D eigenvalue weighted by molar-refractivity contribution is -0.116. The van der Waals surface area contributed by atoms with Crippen LogP contribution in [0.5, 0.6) is 5.88 Å². The van der Waals surface area contributed by atoms with Gasteiger partial charge in [0.1, 0.15) is 24.3 Å². The maximum Gasteiger partial charge on any atom is 0.213 e. The summed E-state index contributed by atoms with van der Waals surface area (Å²) in [5.41, 5.74) is 1.72. The van der Waals surface area contributed by atoms with Gasteiger partial charge in [-0.15, -0.1) is 0 Å². The van der Waals surface area contributed by atoms with Crippen molar-refractivity contribution in [3.63, 3.8) is 0 Å². The maximum atomic E-state index is 12.6. The minimum atomic E-state index is -3.88. The van der Waals surface area contributed by atoms with Crippen LogP contribution in [0.4, 0.5) is 0 Å². The van der Waals surface area contributed by atoms with Gasteiger partial charge in [0.15, 0.2) is 10.8 Å². The molecule has 28 heavy (non-hydrogen) atoms. The molecule has 1 aliphatic heterocycles. The summed E-state index contributed by atoms with van der Waals surface area (Å²) in [7, 11) is -2.32. The summed E-state index contributed by atoms with van der Waals surface area (Å²) in [5.74, 6) is 0.0572. The van der Waals surface area contributed by atoms with Crippen LogP contribution >= 0.6 is 0 Å². The van der Waals surface area contributed by atoms with E-state index in [1.54, 1.807) is 7.11 Å². The summed E-state index contributed by atoms with van der Waals surface area (Å²) < 4.78 is 37.4. The Bertz CT molecular complexity index is 1010. The van der Waals surface area contributed by atoms with Crippen molar-refractivity contribution in [3.05, 3.63) is 29.3 Å². The molecular weight excluding hydrogens is 384 g/mol. The van der Waals surface area contributed by atoms with Gasteiger partial charge < -0.3 is 9.47 Å². The first-order valence-electron chi connectivity index (χ1n) is 9.16.